The van der Waals surface area contributed by atoms with Crippen molar-refractivity contribution in [3.8, 4) is 23.0 Å². The lowest BCUT2D eigenvalue weighted by atomic mass is 10.2. The Morgan fingerprint density at radius 3 is 1.44 bits per heavy atom. The van der Waals surface area contributed by atoms with E-state index >= 15 is 0 Å². The van der Waals surface area contributed by atoms with E-state index in [1.54, 1.807) is 42.5 Å². The van der Waals surface area contributed by atoms with Crippen molar-refractivity contribution in [2.24, 2.45) is 0 Å². The Morgan fingerprint density at radius 2 is 1.04 bits per heavy atom. The molecule has 0 aliphatic carbocycles. The number of rotatable bonds is 12. The molecule has 0 amide bonds. The first-order chi connectivity index (χ1) is 20.8. The second-order valence-electron chi connectivity index (χ2n) is 8.34. The van der Waals surface area contributed by atoms with Crippen LogP contribution in [0.2, 0.25) is 10.0 Å². The Labute approximate surface area is 301 Å². The molecule has 0 aliphatic heterocycles. The Hall–Kier alpha value is -1.85. The molecule has 0 spiro atoms. The predicted molar refractivity (Wildman–Crippen MR) is 196 cm³/mol. The highest BCUT2D eigenvalue weighted by Gasteiger charge is 2.05. The van der Waals surface area contributed by atoms with Crippen molar-refractivity contribution in [2.45, 2.75) is 41.9 Å². The third-order valence-corrected chi connectivity index (χ3v) is 7.42. The van der Waals surface area contributed by atoms with E-state index in [-0.39, 0.29) is 29.7 Å². The molecule has 250 valence electrons. The monoisotopic (exact) mass is 810 g/mol. The van der Waals surface area contributed by atoms with Gasteiger partial charge in [0.05, 0.1) is 13.2 Å². The van der Waals surface area contributed by atoms with Gasteiger partial charge in [-0.1, -0.05) is 81.5 Å². The summed E-state index contributed by atoms with van der Waals surface area (Å²) in [5, 5.41) is 10.5. The van der Waals surface area contributed by atoms with E-state index in [1.165, 1.54) is 0 Å². The number of aliphatic hydroxyl groups excluding tert-OH is 1. The number of ether oxygens (including phenoxy) is 5. The fourth-order valence-corrected chi connectivity index (χ4v) is 4.25. The topological polar surface area (TPSA) is 66.4 Å². The van der Waals surface area contributed by atoms with Gasteiger partial charge in [0.1, 0.15) is 35.9 Å². The van der Waals surface area contributed by atoms with E-state index in [0.717, 1.165) is 31.6 Å². The minimum Gasteiger partial charge on any atom is -0.457 e. The van der Waals surface area contributed by atoms with Crippen LogP contribution >= 0.6 is 66.7 Å². The molecule has 4 aromatic rings. The molecular weight excluding hydrogens is 771 g/mol. The van der Waals surface area contributed by atoms with E-state index in [0.29, 0.717) is 47.4 Å². The molecule has 0 aliphatic rings. The molecule has 0 bridgehead atoms. The fraction of sp³-hybridized carbons (Fsp3) is 0.294. The average Bonchev–Trinajstić information content (AvgIpc) is 3.01. The highest BCUT2D eigenvalue weighted by molar-refractivity contribution is 9.10. The zero-order valence-corrected chi connectivity index (χ0v) is 29.1. The first kappa shape index (κ1) is 43.1. The maximum absolute atomic E-state index is 9.14. The van der Waals surface area contributed by atoms with Crippen molar-refractivity contribution in [3.63, 3.8) is 0 Å². The largest absolute Gasteiger partial charge is 0.457 e. The molecule has 0 unspecified atom stereocenters. The van der Waals surface area contributed by atoms with Crippen LogP contribution in [-0.2, 0) is 27.4 Å². The molecule has 1 N–H and O–H groups in total. The lowest BCUT2D eigenvalue weighted by Crippen LogP contribution is -2.00. The SMILES string of the molecule is C.C.CCOCCl.CCOCOCc1cc(Oc2ccc(Cl)cc2)ccc1Br.OCc1cc(Oc2ccc(Cl)cc2)ccc1Br.[HH]. The third kappa shape index (κ3) is 17.6. The van der Waals surface area contributed by atoms with Crippen LogP contribution in [0.1, 0.15) is 41.3 Å². The van der Waals surface area contributed by atoms with Gasteiger partial charge in [0, 0.05) is 33.6 Å². The smallest absolute Gasteiger partial charge is 0.147 e. The molecule has 0 aromatic heterocycles. The Bertz CT molecular complexity index is 1350. The quantitative estimate of drug-likeness (QED) is 0.0873. The van der Waals surface area contributed by atoms with Gasteiger partial charge in [-0.15, -0.1) is 0 Å². The standard InChI is InChI=1S/C16H16BrClO3.C13H10BrClO2.C3H7ClO.2CH4.H2/c1-2-19-11-20-10-12-9-15(7-8-16(12)17)21-14-5-3-13(18)4-6-14;14-13-6-5-12(7-9(13)8-16)17-11-3-1-10(15)2-4-11;1-2-5-3-4;;;/h3-9H,2,10-11H2,1H3;1-7,16H,8H2;2-3H2,1H3;2*1H4;1H. The number of hydrogen-bond donors (Lipinski definition) is 1. The second-order valence-corrected chi connectivity index (χ2v) is 11.1. The summed E-state index contributed by atoms with van der Waals surface area (Å²) in [6.07, 6.45) is 0. The van der Waals surface area contributed by atoms with Crippen LogP contribution in [0, 0.1) is 0 Å². The highest BCUT2D eigenvalue weighted by atomic mass is 79.9. The number of alkyl halides is 1. The first-order valence-electron chi connectivity index (χ1n) is 13.1. The van der Waals surface area contributed by atoms with Crippen LogP contribution in [0.3, 0.4) is 0 Å². The van der Waals surface area contributed by atoms with E-state index in [9.17, 15) is 0 Å². The fourth-order valence-electron chi connectivity index (χ4n) is 3.11. The normalized spacial score (nSPS) is 9.78. The van der Waals surface area contributed by atoms with Crippen molar-refractivity contribution < 1.29 is 30.2 Å². The molecule has 0 saturated heterocycles. The van der Waals surface area contributed by atoms with Crippen molar-refractivity contribution in [1.82, 2.24) is 0 Å². The molecule has 0 saturated carbocycles. The number of halogens is 5. The van der Waals surface area contributed by atoms with Gasteiger partial charge in [-0.2, -0.15) is 0 Å². The molecule has 11 heteroatoms. The predicted octanol–water partition coefficient (Wildman–Crippen LogP) is 12.5. The summed E-state index contributed by atoms with van der Waals surface area (Å²) in [7, 11) is 0. The van der Waals surface area contributed by atoms with Crippen molar-refractivity contribution in [3.05, 3.63) is 115 Å². The minimum atomic E-state index is -0.0294. The van der Waals surface area contributed by atoms with Crippen LogP contribution in [0.5, 0.6) is 23.0 Å². The first-order valence-corrected chi connectivity index (χ1v) is 16.0. The molecule has 0 heterocycles. The van der Waals surface area contributed by atoms with E-state index in [2.05, 4.69) is 36.6 Å². The Morgan fingerprint density at radius 1 is 0.622 bits per heavy atom. The van der Waals surface area contributed by atoms with Gasteiger partial charge in [0.25, 0.3) is 0 Å². The van der Waals surface area contributed by atoms with Crippen molar-refractivity contribution >= 4 is 66.7 Å². The molecule has 4 aromatic carbocycles. The van der Waals surface area contributed by atoms with Crippen LogP contribution in [-0.4, -0.2) is 31.2 Å². The van der Waals surface area contributed by atoms with Crippen LogP contribution in [0.4, 0.5) is 0 Å². The molecule has 0 radical (unpaired) electrons. The summed E-state index contributed by atoms with van der Waals surface area (Å²) in [6, 6.07) is 25.9. The Balaban J connectivity index is 0. The van der Waals surface area contributed by atoms with Gasteiger partial charge < -0.3 is 28.8 Å². The summed E-state index contributed by atoms with van der Waals surface area (Å²) in [5.74, 6) is 2.87. The van der Waals surface area contributed by atoms with E-state index in [4.69, 9.17) is 58.9 Å². The zero-order chi connectivity index (χ0) is 31.5. The van der Waals surface area contributed by atoms with Crippen molar-refractivity contribution in [1.29, 1.82) is 0 Å². The highest BCUT2D eigenvalue weighted by Crippen LogP contribution is 2.29. The summed E-state index contributed by atoms with van der Waals surface area (Å²) in [4.78, 5) is 0. The second kappa shape index (κ2) is 25.3. The number of hydrogen-bond acceptors (Lipinski definition) is 6. The van der Waals surface area contributed by atoms with Gasteiger partial charge in [0.15, 0.2) is 0 Å². The minimum absolute atomic E-state index is 0. The molecular formula is C34H43Br2Cl3O6. The molecule has 6 nitrogen and oxygen atoms in total. The van der Waals surface area contributed by atoms with Crippen LogP contribution in [0.15, 0.2) is 93.9 Å². The van der Waals surface area contributed by atoms with Gasteiger partial charge >= 0.3 is 0 Å². The molecule has 0 atom stereocenters. The van der Waals surface area contributed by atoms with Crippen LogP contribution < -0.4 is 9.47 Å². The molecule has 4 rings (SSSR count). The average molecular weight is 814 g/mol. The zero-order valence-electron chi connectivity index (χ0n) is 23.7. The summed E-state index contributed by atoms with van der Waals surface area (Å²) < 4.78 is 28.5. The van der Waals surface area contributed by atoms with Gasteiger partial charge in [0.2, 0.25) is 0 Å². The van der Waals surface area contributed by atoms with E-state index < -0.39 is 0 Å². The van der Waals surface area contributed by atoms with Gasteiger partial charge in [-0.3, -0.25) is 0 Å². The molecule has 45 heavy (non-hydrogen) atoms. The van der Waals surface area contributed by atoms with Crippen molar-refractivity contribution in [2.75, 3.05) is 26.1 Å². The molecule has 0 fully saturated rings. The maximum atomic E-state index is 9.14. The van der Waals surface area contributed by atoms with Crippen LogP contribution in [0.25, 0.3) is 0 Å². The lowest BCUT2D eigenvalue weighted by Gasteiger charge is -2.10. The maximum Gasteiger partial charge on any atom is 0.147 e. The third-order valence-electron chi connectivity index (χ3n) is 5.21. The number of aliphatic hydroxyl groups is 1. The summed E-state index contributed by atoms with van der Waals surface area (Å²) in [5.41, 5.74) is 1.79. The number of benzene rings is 4. The van der Waals surface area contributed by atoms with Gasteiger partial charge in [-0.25, -0.2) is 0 Å². The Kier molecular flexibility index (Phi) is 24.2. The summed E-state index contributed by atoms with van der Waals surface area (Å²) in [6.45, 7) is 5.90. The van der Waals surface area contributed by atoms with Gasteiger partial charge in [-0.05, 0) is 110 Å². The van der Waals surface area contributed by atoms with E-state index in [1.807, 2.05) is 56.3 Å². The summed E-state index contributed by atoms with van der Waals surface area (Å²) >= 11 is 23.6. The lowest BCUT2D eigenvalue weighted by molar-refractivity contribution is -0.0573.